The highest BCUT2D eigenvalue weighted by atomic mass is 35.5. The quantitative estimate of drug-likeness (QED) is 0.460. The van der Waals surface area contributed by atoms with Crippen LogP contribution < -0.4 is 5.73 Å². The summed E-state index contributed by atoms with van der Waals surface area (Å²) >= 11 is 0. The molecule has 0 aliphatic heterocycles. The maximum atomic E-state index is 6.00. The van der Waals surface area contributed by atoms with Crippen molar-refractivity contribution in [3.63, 3.8) is 0 Å². The molecule has 0 saturated carbocycles. The highest BCUT2D eigenvalue weighted by Gasteiger charge is 2.21. The van der Waals surface area contributed by atoms with Gasteiger partial charge in [-0.1, -0.05) is 85.0 Å². The molecule has 24 heavy (non-hydrogen) atoms. The number of nitrogens with two attached hydrogens (primary N) is 1. The van der Waals surface area contributed by atoms with Gasteiger partial charge < -0.3 is 5.73 Å². The van der Waals surface area contributed by atoms with E-state index in [0.29, 0.717) is 0 Å². The van der Waals surface area contributed by atoms with E-state index in [-0.39, 0.29) is 12.4 Å². The van der Waals surface area contributed by atoms with Crippen molar-refractivity contribution in [2.24, 2.45) is 0 Å². The van der Waals surface area contributed by atoms with Gasteiger partial charge in [0, 0.05) is 5.69 Å². The van der Waals surface area contributed by atoms with Gasteiger partial charge in [-0.25, -0.2) is 0 Å². The Balaban J connectivity index is 0.00000169. The molecule has 0 heterocycles. The third-order valence-corrected chi connectivity index (χ3v) is 4.26. The SMILES string of the molecule is Cl.Nc1ccccc1C=CC=C1c2ccccc2-c2ccccc21. The molecule has 3 aromatic rings. The molecule has 0 aromatic heterocycles. The van der Waals surface area contributed by atoms with E-state index in [9.17, 15) is 0 Å². The summed E-state index contributed by atoms with van der Waals surface area (Å²) in [5.41, 5.74) is 14.3. The molecule has 0 fully saturated rings. The molecule has 1 aliphatic carbocycles. The van der Waals surface area contributed by atoms with Gasteiger partial charge in [0.05, 0.1) is 0 Å². The van der Waals surface area contributed by atoms with Crippen molar-refractivity contribution in [2.45, 2.75) is 0 Å². The number of para-hydroxylation sites is 1. The van der Waals surface area contributed by atoms with Gasteiger partial charge in [0.25, 0.3) is 0 Å². The van der Waals surface area contributed by atoms with Gasteiger partial charge in [0.1, 0.15) is 0 Å². The molecule has 1 aliphatic rings. The number of hydrogen-bond acceptors (Lipinski definition) is 1. The summed E-state index contributed by atoms with van der Waals surface area (Å²) in [4.78, 5) is 0. The van der Waals surface area contributed by atoms with Gasteiger partial charge in [-0.05, 0) is 39.5 Å². The number of anilines is 1. The molecule has 118 valence electrons. The summed E-state index contributed by atoms with van der Waals surface area (Å²) in [6.45, 7) is 0. The van der Waals surface area contributed by atoms with E-state index in [1.54, 1.807) is 0 Å². The van der Waals surface area contributed by atoms with Crippen molar-refractivity contribution >= 4 is 29.7 Å². The van der Waals surface area contributed by atoms with Crippen molar-refractivity contribution in [1.82, 2.24) is 0 Å². The molecule has 0 atom stereocenters. The normalized spacial score (nSPS) is 11.8. The smallest absolute Gasteiger partial charge is 0.0387 e. The Kier molecular flexibility index (Phi) is 4.54. The van der Waals surface area contributed by atoms with E-state index in [0.717, 1.165) is 11.3 Å². The molecule has 1 nitrogen and oxygen atoms in total. The molecular weight excluding hydrogens is 314 g/mol. The Morgan fingerprint density at radius 3 is 1.71 bits per heavy atom. The third kappa shape index (κ3) is 2.75. The van der Waals surface area contributed by atoms with Crippen molar-refractivity contribution in [3.8, 4) is 11.1 Å². The second kappa shape index (κ2) is 6.77. The average molecular weight is 332 g/mol. The summed E-state index contributed by atoms with van der Waals surface area (Å²) in [5, 5.41) is 0. The van der Waals surface area contributed by atoms with E-state index < -0.39 is 0 Å². The van der Waals surface area contributed by atoms with Crippen LogP contribution in [0, 0.1) is 0 Å². The maximum absolute atomic E-state index is 6.00. The lowest BCUT2D eigenvalue weighted by Gasteiger charge is -2.01. The predicted octanol–water partition coefficient (Wildman–Crippen LogP) is 5.82. The van der Waals surface area contributed by atoms with Crippen LogP contribution in [-0.2, 0) is 0 Å². The number of allylic oxidation sites excluding steroid dienone is 2. The lowest BCUT2D eigenvalue weighted by molar-refractivity contribution is 1.63. The maximum Gasteiger partial charge on any atom is 0.0387 e. The van der Waals surface area contributed by atoms with E-state index >= 15 is 0 Å². The number of rotatable bonds is 2. The van der Waals surface area contributed by atoms with E-state index in [1.807, 2.05) is 24.3 Å². The van der Waals surface area contributed by atoms with Crippen molar-refractivity contribution in [1.29, 1.82) is 0 Å². The molecule has 0 radical (unpaired) electrons. The van der Waals surface area contributed by atoms with Gasteiger partial charge in [0.15, 0.2) is 0 Å². The standard InChI is InChI=1S/C22H17N.ClH/c23-22-15-6-1-8-16(22)9-7-14-21-19-12-4-2-10-17(19)18-11-3-5-13-20(18)21;/h1-15H,23H2;1H. The fraction of sp³-hybridized carbons (Fsp3) is 0. The van der Waals surface area contributed by atoms with Crippen LogP contribution in [0.4, 0.5) is 5.69 Å². The minimum Gasteiger partial charge on any atom is -0.398 e. The monoisotopic (exact) mass is 331 g/mol. The lowest BCUT2D eigenvalue weighted by Crippen LogP contribution is -1.87. The Labute approximate surface area is 148 Å². The minimum atomic E-state index is 0. The van der Waals surface area contributed by atoms with Crippen molar-refractivity contribution < 1.29 is 0 Å². The topological polar surface area (TPSA) is 26.0 Å². The molecule has 0 unspecified atom stereocenters. The first kappa shape index (κ1) is 16.1. The molecule has 2 heteroatoms. The number of halogens is 1. The van der Waals surface area contributed by atoms with E-state index in [4.69, 9.17) is 5.73 Å². The molecule has 4 rings (SSSR count). The van der Waals surface area contributed by atoms with Crippen molar-refractivity contribution in [3.05, 3.63) is 102 Å². The molecule has 0 spiro atoms. The van der Waals surface area contributed by atoms with Crippen LogP contribution >= 0.6 is 12.4 Å². The Morgan fingerprint density at radius 1 is 0.625 bits per heavy atom. The van der Waals surface area contributed by atoms with Gasteiger partial charge in [0.2, 0.25) is 0 Å². The first-order chi connectivity index (χ1) is 11.3. The lowest BCUT2D eigenvalue weighted by atomic mass is 10.0. The van der Waals surface area contributed by atoms with Crippen LogP contribution in [0.15, 0.2) is 84.9 Å². The third-order valence-electron chi connectivity index (χ3n) is 4.26. The zero-order chi connectivity index (χ0) is 15.6. The van der Waals surface area contributed by atoms with Crippen LogP contribution in [0.25, 0.3) is 22.8 Å². The highest BCUT2D eigenvalue weighted by Crippen LogP contribution is 2.43. The highest BCUT2D eigenvalue weighted by molar-refractivity contribution is 6.01. The molecule has 0 amide bonds. The molecule has 0 bridgehead atoms. The number of hydrogen-bond donors (Lipinski definition) is 1. The number of fused-ring (bicyclic) bond motifs is 3. The zero-order valence-electron chi connectivity index (χ0n) is 13.1. The second-order valence-corrected chi connectivity index (χ2v) is 5.66. The van der Waals surface area contributed by atoms with Gasteiger partial charge in [-0.2, -0.15) is 0 Å². The first-order valence-corrected chi connectivity index (χ1v) is 7.76. The summed E-state index contributed by atoms with van der Waals surface area (Å²) < 4.78 is 0. The zero-order valence-corrected chi connectivity index (χ0v) is 14.0. The number of nitrogen functional groups attached to an aromatic ring is 1. The molecule has 2 N–H and O–H groups in total. The molecule has 3 aromatic carbocycles. The van der Waals surface area contributed by atoms with Crippen LogP contribution in [0.5, 0.6) is 0 Å². The Bertz CT molecular complexity index is 890. The largest absolute Gasteiger partial charge is 0.398 e. The van der Waals surface area contributed by atoms with E-state index in [2.05, 4.69) is 66.8 Å². The van der Waals surface area contributed by atoms with Crippen LogP contribution in [0.1, 0.15) is 16.7 Å². The van der Waals surface area contributed by atoms with Crippen molar-refractivity contribution in [2.75, 3.05) is 5.73 Å². The van der Waals surface area contributed by atoms with Crippen LogP contribution in [0.3, 0.4) is 0 Å². The van der Waals surface area contributed by atoms with Gasteiger partial charge in [-0.3, -0.25) is 0 Å². The molecular formula is C22H18ClN. The average Bonchev–Trinajstić information content (AvgIpc) is 2.91. The summed E-state index contributed by atoms with van der Waals surface area (Å²) in [6.07, 6.45) is 6.32. The minimum absolute atomic E-state index is 0. The molecule has 0 saturated heterocycles. The first-order valence-electron chi connectivity index (χ1n) is 7.76. The fourth-order valence-corrected chi connectivity index (χ4v) is 3.14. The van der Waals surface area contributed by atoms with Crippen LogP contribution in [0.2, 0.25) is 0 Å². The van der Waals surface area contributed by atoms with E-state index in [1.165, 1.54) is 27.8 Å². The summed E-state index contributed by atoms with van der Waals surface area (Å²) in [6, 6.07) is 25.0. The Hall–Kier alpha value is -2.77. The number of benzene rings is 3. The van der Waals surface area contributed by atoms with Crippen LogP contribution in [-0.4, -0.2) is 0 Å². The van der Waals surface area contributed by atoms with Gasteiger partial charge in [-0.15, -0.1) is 12.4 Å². The summed E-state index contributed by atoms with van der Waals surface area (Å²) in [5.74, 6) is 0. The van der Waals surface area contributed by atoms with Gasteiger partial charge >= 0.3 is 0 Å². The summed E-state index contributed by atoms with van der Waals surface area (Å²) in [7, 11) is 0. The fourth-order valence-electron chi connectivity index (χ4n) is 3.14. The predicted molar refractivity (Wildman–Crippen MR) is 106 cm³/mol. The Morgan fingerprint density at radius 2 is 1.12 bits per heavy atom. The second-order valence-electron chi connectivity index (χ2n) is 5.66.